The second kappa shape index (κ2) is 7.05. The fourth-order valence-electron chi connectivity index (χ4n) is 3.53. The molecule has 0 spiro atoms. The van der Waals surface area contributed by atoms with Gasteiger partial charge in [-0.15, -0.1) is 0 Å². The summed E-state index contributed by atoms with van der Waals surface area (Å²) in [5.74, 6) is 2.14. The SMILES string of the molecule is COc1cc2c(cc1OC)[C@H]([C@@H](C)Cc1ccccc1)NCC2. The fraction of sp³-hybridized carbons (Fsp3) is 0.400. The third kappa shape index (κ3) is 3.35. The zero-order chi connectivity index (χ0) is 16.2. The van der Waals surface area contributed by atoms with E-state index in [1.54, 1.807) is 14.2 Å². The Balaban J connectivity index is 1.88. The zero-order valence-corrected chi connectivity index (χ0v) is 14.1. The smallest absolute Gasteiger partial charge is 0.161 e. The summed E-state index contributed by atoms with van der Waals surface area (Å²) in [6, 6.07) is 15.3. The van der Waals surface area contributed by atoms with E-state index in [4.69, 9.17) is 9.47 Å². The molecule has 0 saturated heterocycles. The molecule has 0 bridgehead atoms. The molecule has 0 fully saturated rings. The first-order valence-electron chi connectivity index (χ1n) is 8.25. The summed E-state index contributed by atoms with van der Waals surface area (Å²) < 4.78 is 10.9. The van der Waals surface area contributed by atoms with E-state index in [1.165, 1.54) is 16.7 Å². The first kappa shape index (κ1) is 15.9. The van der Waals surface area contributed by atoms with Crippen LogP contribution in [0.15, 0.2) is 42.5 Å². The molecule has 1 aliphatic rings. The minimum absolute atomic E-state index is 0.346. The molecule has 0 aliphatic carbocycles. The van der Waals surface area contributed by atoms with Gasteiger partial charge in [0.05, 0.1) is 14.2 Å². The maximum atomic E-state index is 5.50. The Bertz CT molecular complexity index is 654. The molecule has 0 radical (unpaired) electrons. The Morgan fingerprint density at radius 3 is 2.48 bits per heavy atom. The highest BCUT2D eigenvalue weighted by Gasteiger charge is 2.26. The first-order valence-corrected chi connectivity index (χ1v) is 8.25. The van der Waals surface area contributed by atoms with E-state index in [-0.39, 0.29) is 0 Å². The quantitative estimate of drug-likeness (QED) is 0.912. The highest BCUT2D eigenvalue weighted by atomic mass is 16.5. The average Bonchev–Trinajstić information content (AvgIpc) is 2.60. The van der Waals surface area contributed by atoms with Crippen LogP contribution in [0.3, 0.4) is 0 Å². The third-order valence-corrected chi connectivity index (χ3v) is 4.71. The van der Waals surface area contributed by atoms with Gasteiger partial charge in [-0.25, -0.2) is 0 Å². The van der Waals surface area contributed by atoms with E-state index in [0.717, 1.165) is 30.9 Å². The highest BCUT2D eigenvalue weighted by Crippen LogP contribution is 2.38. The van der Waals surface area contributed by atoms with Crippen LogP contribution in [0.25, 0.3) is 0 Å². The zero-order valence-electron chi connectivity index (χ0n) is 14.1. The van der Waals surface area contributed by atoms with Crippen molar-refractivity contribution in [3.63, 3.8) is 0 Å². The number of nitrogens with one attached hydrogen (secondary N) is 1. The van der Waals surface area contributed by atoms with Crippen molar-refractivity contribution >= 4 is 0 Å². The second-order valence-corrected chi connectivity index (χ2v) is 6.25. The lowest BCUT2D eigenvalue weighted by atomic mass is 9.84. The van der Waals surface area contributed by atoms with Crippen molar-refractivity contribution in [2.24, 2.45) is 5.92 Å². The molecule has 3 rings (SSSR count). The summed E-state index contributed by atoms with van der Waals surface area (Å²) in [7, 11) is 3.39. The normalized spacial score (nSPS) is 18.1. The van der Waals surface area contributed by atoms with E-state index >= 15 is 0 Å². The van der Waals surface area contributed by atoms with Crippen molar-refractivity contribution in [3.05, 3.63) is 59.2 Å². The van der Waals surface area contributed by atoms with Crippen molar-refractivity contribution in [2.45, 2.75) is 25.8 Å². The van der Waals surface area contributed by atoms with Crippen molar-refractivity contribution < 1.29 is 9.47 Å². The molecule has 0 unspecified atom stereocenters. The number of fused-ring (bicyclic) bond motifs is 1. The predicted molar refractivity (Wildman–Crippen MR) is 93.3 cm³/mol. The van der Waals surface area contributed by atoms with E-state index in [1.807, 2.05) is 0 Å². The van der Waals surface area contributed by atoms with Gasteiger partial charge in [-0.05, 0) is 54.1 Å². The Labute approximate surface area is 138 Å². The summed E-state index contributed by atoms with van der Waals surface area (Å²) in [6.45, 7) is 3.32. The van der Waals surface area contributed by atoms with Gasteiger partial charge in [0.1, 0.15) is 0 Å². The number of hydrogen-bond donors (Lipinski definition) is 1. The first-order chi connectivity index (χ1) is 11.2. The maximum Gasteiger partial charge on any atom is 0.161 e. The number of benzene rings is 2. The van der Waals surface area contributed by atoms with Gasteiger partial charge in [0.2, 0.25) is 0 Å². The Morgan fingerprint density at radius 1 is 1.09 bits per heavy atom. The van der Waals surface area contributed by atoms with Crippen LogP contribution >= 0.6 is 0 Å². The van der Waals surface area contributed by atoms with E-state index in [0.29, 0.717) is 12.0 Å². The van der Waals surface area contributed by atoms with Crippen LogP contribution in [-0.2, 0) is 12.8 Å². The number of rotatable bonds is 5. The third-order valence-electron chi connectivity index (χ3n) is 4.71. The van der Waals surface area contributed by atoms with Crippen LogP contribution in [0, 0.1) is 5.92 Å². The van der Waals surface area contributed by atoms with Crippen LogP contribution in [0.1, 0.15) is 29.7 Å². The molecule has 0 saturated carbocycles. The summed E-state index contributed by atoms with van der Waals surface area (Å²) in [5.41, 5.74) is 4.10. The molecule has 3 nitrogen and oxygen atoms in total. The monoisotopic (exact) mass is 311 g/mol. The molecule has 1 aliphatic heterocycles. The van der Waals surface area contributed by atoms with E-state index in [9.17, 15) is 0 Å². The van der Waals surface area contributed by atoms with Gasteiger partial charge < -0.3 is 14.8 Å². The molecule has 2 atom stereocenters. The Kier molecular flexibility index (Phi) is 4.87. The molecule has 0 aromatic heterocycles. The predicted octanol–water partition coefficient (Wildman–Crippen LogP) is 3.77. The van der Waals surface area contributed by atoms with Crippen molar-refractivity contribution in [1.82, 2.24) is 5.32 Å². The van der Waals surface area contributed by atoms with Gasteiger partial charge in [0.15, 0.2) is 11.5 Å². The minimum atomic E-state index is 0.346. The van der Waals surface area contributed by atoms with Crippen molar-refractivity contribution in [2.75, 3.05) is 20.8 Å². The van der Waals surface area contributed by atoms with Gasteiger partial charge in [0, 0.05) is 6.04 Å². The summed E-state index contributed by atoms with van der Waals surface area (Å²) in [4.78, 5) is 0. The van der Waals surface area contributed by atoms with Crippen LogP contribution < -0.4 is 14.8 Å². The largest absolute Gasteiger partial charge is 0.493 e. The molecule has 0 amide bonds. The molecule has 1 heterocycles. The minimum Gasteiger partial charge on any atom is -0.493 e. The van der Waals surface area contributed by atoms with Crippen molar-refractivity contribution in [3.8, 4) is 11.5 Å². The van der Waals surface area contributed by atoms with Gasteiger partial charge in [-0.2, -0.15) is 0 Å². The highest BCUT2D eigenvalue weighted by molar-refractivity contribution is 5.49. The summed E-state index contributed by atoms with van der Waals surface area (Å²) in [5, 5.41) is 3.69. The van der Waals surface area contributed by atoms with E-state index < -0.39 is 0 Å². The average molecular weight is 311 g/mol. The summed E-state index contributed by atoms with van der Waals surface area (Å²) in [6.07, 6.45) is 2.09. The lowest BCUT2D eigenvalue weighted by Crippen LogP contribution is -2.34. The molecular formula is C20H25NO2. The van der Waals surface area contributed by atoms with Crippen LogP contribution in [0.5, 0.6) is 11.5 Å². The number of methoxy groups -OCH3 is 2. The van der Waals surface area contributed by atoms with Crippen molar-refractivity contribution in [1.29, 1.82) is 0 Å². The van der Waals surface area contributed by atoms with Crippen LogP contribution in [-0.4, -0.2) is 20.8 Å². The van der Waals surface area contributed by atoms with Gasteiger partial charge >= 0.3 is 0 Å². The lowest BCUT2D eigenvalue weighted by molar-refractivity contribution is 0.343. The van der Waals surface area contributed by atoms with Crippen LogP contribution in [0.2, 0.25) is 0 Å². The number of hydrogen-bond acceptors (Lipinski definition) is 3. The molecule has 3 heteroatoms. The molecule has 2 aromatic carbocycles. The van der Waals surface area contributed by atoms with Gasteiger partial charge in [0.25, 0.3) is 0 Å². The van der Waals surface area contributed by atoms with Crippen LogP contribution in [0.4, 0.5) is 0 Å². The maximum absolute atomic E-state index is 5.50. The standard InChI is InChI=1S/C20H25NO2/c1-14(11-15-7-5-4-6-8-15)20-17-13-19(23-3)18(22-2)12-16(17)9-10-21-20/h4-8,12-14,20-21H,9-11H2,1-3H3/t14-,20-/m0/s1. The van der Waals surface area contributed by atoms with E-state index in [2.05, 4.69) is 54.7 Å². The summed E-state index contributed by atoms with van der Waals surface area (Å²) >= 11 is 0. The number of ether oxygens (including phenoxy) is 2. The Hall–Kier alpha value is -2.00. The molecule has 122 valence electrons. The molecule has 2 aromatic rings. The lowest BCUT2D eigenvalue weighted by Gasteiger charge is -2.32. The molecular weight excluding hydrogens is 286 g/mol. The topological polar surface area (TPSA) is 30.5 Å². The fourth-order valence-corrected chi connectivity index (χ4v) is 3.53. The van der Waals surface area contributed by atoms with Gasteiger partial charge in [-0.1, -0.05) is 37.3 Å². The molecule has 1 N–H and O–H groups in total. The molecule has 23 heavy (non-hydrogen) atoms. The Morgan fingerprint density at radius 2 is 1.78 bits per heavy atom. The van der Waals surface area contributed by atoms with Gasteiger partial charge in [-0.3, -0.25) is 0 Å². The second-order valence-electron chi connectivity index (χ2n) is 6.25.